The van der Waals surface area contributed by atoms with Gasteiger partial charge in [-0.1, -0.05) is 137 Å². The second kappa shape index (κ2) is 40.4. The number of ether oxygens (including phenoxy) is 2. The predicted molar refractivity (Wildman–Crippen MR) is 235 cm³/mol. The minimum Gasteiger partial charge on any atom is -0.480 e. The molecule has 0 aliphatic carbocycles. The van der Waals surface area contributed by atoms with E-state index >= 15 is 0 Å². The summed E-state index contributed by atoms with van der Waals surface area (Å²) in [7, 11) is -4.74. The Morgan fingerprint density at radius 2 is 0.948 bits per heavy atom. The Balaban J connectivity index is 4.50. The number of carbonyl (C=O) groups is 3. The molecular weight excluding hydrogens is 757 g/mol. The molecule has 0 heterocycles. The van der Waals surface area contributed by atoms with E-state index in [1.54, 1.807) is 0 Å². The van der Waals surface area contributed by atoms with Gasteiger partial charge in [-0.15, -0.1) is 0 Å². The average Bonchev–Trinajstić information content (AvgIpc) is 3.20. The van der Waals surface area contributed by atoms with Crippen LogP contribution in [0.25, 0.3) is 0 Å². The number of phosphoric ester groups is 1. The van der Waals surface area contributed by atoms with E-state index in [2.05, 4.69) is 103 Å². The number of rotatable bonds is 39. The summed E-state index contributed by atoms with van der Waals surface area (Å²) in [6.45, 7) is 2.63. The number of phosphoric acid groups is 1. The molecule has 0 rings (SSSR count). The van der Waals surface area contributed by atoms with Gasteiger partial charge in [0.1, 0.15) is 12.6 Å². The number of carbonyl (C=O) groups excluding carboxylic acids is 2. The monoisotopic (exact) mass is 834 g/mol. The van der Waals surface area contributed by atoms with E-state index in [1.807, 2.05) is 0 Å². The summed E-state index contributed by atoms with van der Waals surface area (Å²) in [5.41, 5.74) is 5.33. The first-order valence-corrected chi connectivity index (χ1v) is 23.1. The Morgan fingerprint density at radius 3 is 1.43 bits per heavy atom. The SMILES string of the molecule is CCC/C=C/C/C=C/C/C=C/C/C=C/CCCCCC(=O)O[C@H](COC(=O)CCCCCC/C=C/C/C=C/C/C=C/CCCCC)COP(=O)(O)OC[C@H](N)C(=O)O. The van der Waals surface area contributed by atoms with Gasteiger partial charge in [0.15, 0.2) is 6.10 Å². The Morgan fingerprint density at radius 1 is 0.534 bits per heavy atom. The normalized spacial score (nSPS) is 14.6. The van der Waals surface area contributed by atoms with Gasteiger partial charge in [-0.2, -0.15) is 0 Å². The summed E-state index contributed by atoms with van der Waals surface area (Å²) in [4.78, 5) is 46.0. The van der Waals surface area contributed by atoms with Crippen LogP contribution in [0.3, 0.4) is 0 Å². The van der Waals surface area contributed by atoms with Crippen LogP contribution in [-0.2, 0) is 37.5 Å². The molecule has 330 valence electrons. The minimum atomic E-state index is -4.74. The van der Waals surface area contributed by atoms with Crippen molar-refractivity contribution < 1.29 is 47.5 Å². The van der Waals surface area contributed by atoms with E-state index in [-0.39, 0.29) is 19.4 Å². The summed E-state index contributed by atoms with van der Waals surface area (Å²) < 4.78 is 32.6. The molecule has 58 heavy (non-hydrogen) atoms. The first-order chi connectivity index (χ1) is 28.1. The summed E-state index contributed by atoms with van der Waals surface area (Å²) in [5, 5.41) is 8.89. The van der Waals surface area contributed by atoms with E-state index in [9.17, 15) is 23.8 Å². The average molecular weight is 834 g/mol. The summed E-state index contributed by atoms with van der Waals surface area (Å²) in [6.07, 6.45) is 49.3. The van der Waals surface area contributed by atoms with Crippen LogP contribution in [0.5, 0.6) is 0 Å². The minimum absolute atomic E-state index is 0.113. The number of carboxylic acid groups (broad SMARTS) is 1. The Bertz CT molecular complexity index is 1300. The zero-order chi connectivity index (χ0) is 42.8. The van der Waals surface area contributed by atoms with Crippen molar-refractivity contribution in [3.63, 3.8) is 0 Å². The first kappa shape index (κ1) is 54.7. The number of hydrogen-bond donors (Lipinski definition) is 3. The van der Waals surface area contributed by atoms with Crippen LogP contribution in [0.2, 0.25) is 0 Å². The molecule has 0 amide bonds. The highest BCUT2D eigenvalue weighted by Crippen LogP contribution is 2.43. The lowest BCUT2D eigenvalue weighted by atomic mass is 10.1. The van der Waals surface area contributed by atoms with Crippen molar-refractivity contribution in [2.45, 2.75) is 167 Å². The number of carboxylic acids is 1. The Hall–Kier alpha value is -3.34. The second-order valence-electron chi connectivity index (χ2n) is 14.1. The highest BCUT2D eigenvalue weighted by atomic mass is 31.2. The molecule has 3 atom stereocenters. The van der Waals surface area contributed by atoms with Crippen molar-refractivity contribution in [1.29, 1.82) is 0 Å². The van der Waals surface area contributed by atoms with Crippen molar-refractivity contribution in [2.75, 3.05) is 19.8 Å². The number of aliphatic carboxylic acids is 1. The number of allylic oxidation sites excluding steroid dienone is 14. The fourth-order valence-corrected chi connectivity index (χ4v) is 5.96. The summed E-state index contributed by atoms with van der Waals surface area (Å²) in [5.74, 6) is -2.46. The first-order valence-electron chi connectivity index (χ1n) is 21.6. The van der Waals surface area contributed by atoms with Gasteiger partial charge in [0, 0.05) is 12.8 Å². The molecule has 4 N–H and O–H groups in total. The molecule has 0 aliphatic heterocycles. The van der Waals surface area contributed by atoms with Crippen molar-refractivity contribution >= 4 is 25.7 Å². The number of hydrogen-bond acceptors (Lipinski definition) is 9. The molecular formula is C46H76NO10P. The molecule has 1 unspecified atom stereocenters. The third kappa shape index (κ3) is 39.5. The van der Waals surface area contributed by atoms with Gasteiger partial charge in [-0.05, 0) is 89.9 Å². The lowest BCUT2D eigenvalue weighted by Gasteiger charge is -2.20. The Kier molecular flexibility index (Phi) is 38.1. The number of unbranched alkanes of at least 4 members (excludes halogenated alkanes) is 11. The van der Waals surface area contributed by atoms with E-state index < -0.39 is 51.1 Å². The van der Waals surface area contributed by atoms with Crippen LogP contribution in [-0.4, -0.2) is 59.9 Å². The number of esters is 2. The van der Waals surface area contributed by atoms with Crippen molar-refractivity contribution in [3.05, 3.63) is 85.1 Å². The molecule has 0 aliphatic rings. The van der Waals surface area contributed by atoms with E-state index in [0.717, 1.165) is 89.9 Å². The van der Waals surface area contributed by atoms with Crippen molar-refractivity contribution in [1.82, 2.24) is 0 Å². The second-order valence-corrected chi connectivity index (χ2v) is 15.6. The lowest BCUT2D eigenvalue weighted by Crippen LogP contribution is -2.34. The molecule has 0 fully saturated rings. The highest BCUT2D eigenvalue weighted by Gasteiger charge is 2.28. The van der Waals surface area contributed by atoms with Gasteiger partial charge in [-0.3, -0.25) is 23.4 Å². The molecule has 0 radical (unpaired) electrons. The molecule has 0 aromatic carbocycles. The van der Waals surface area contributed by atoms with Crippen molar-refractivity contribution in [3.8, 4) is 0 Å². The van der Waals surface area contributed by atoms with Crippen LogP contribution in [0, 0.1) is 0 Å². The zero-order valence-electron chi connectivity index (χ0n) is 35.6. The van der Waals surface area contributed by atoms with Gasteiger partial charge in [0.05, 0.1) is 13.2 Å². The summed E-state index contributed by atoms with van der Waals surface area (Å²) in [6, 6.07) is -1.53. The standard InChI is InChI=1S/C46H76NO10P/c1-3-5-7-9-11-13-15-17-19-21-23-25-27-29-31-33-35-37-44(48)54-39-42(40-55-58(52,53)56-41-43(47)46(50)51)57-45(49)38-36-34-32-30-28-26-24-22-20-18-16-14-12-10-8-6-4-2/h8,10-11,13-14,16-17,19-20,22-23,25-26,28,42-43H,3-7,9,12,15,18,21,24,27,29-41,47H2,1-2H3,(H,50,51)(H,52,53)/b10-8+,13-11+,16-14+,19-17+,22-20+,25-23+,28-26+/t42-,43+/m1/s1. The van der Waals surface area contributed by atoms with Gasteiger partial charge in [-0.25, -0.2) is 4.57 Å². The van der Waals surface area contributed by atoms with Crippen LogP contribution in [0.15, 0.2) is 85.1 Å². The van der Waals surface area contributed by atoms with Crippen LogP contribution >= 0.6 is 7.82 Å². The molecule has 0 saturated heterocycles. The van der Waals surface area contributed by atoms with Gasteiger partial charge < -0.3 is 25.2 Å². The smallest absolute Gasteiger partial charge is 0.472 e. The van der Waals surface area contributed by atoms with Gasteiger partial charge >= 0.3 is 25.7 Å². The molecule has 12 heteroatoms. The molecule has 0 aromatic heterocycles. The number of nitrogens with two attached hydrogens (primary N) is 1. The van der Waals surface area contributed by atoms with Crippen molar-refractivity contribution in [2.24, 2.45) is 5.73 Å². The fourth-order valence-electron chi connectivity index (χ4n) is 5.18. The lowest BCUT2D eigenvalue weighted by molar-refractivity contribution is -0.161. The molecule has 11 nitrogen and oxygen atoms in total. The molecule has 0 saturated carbocycles. The maximum Gasteiger partial charge on any atom is 0.472 e. The van der Waals surface area contributed by atoms with Crippen LogP contribution in [0.1, 0.15) is 155 Å². The molecule has 0 aromatic rings. The maximum absolute atomic E-state index is 12.6. The van der Waals surface area contributed by atoms with Gasteiger partial charge in [0.2, 0.25) is 0 Å². The Labute approximate surface area is 350 Å². The predicted octanol–water partition coefficient (Wildman–Crippen LogP) is 11.5. The molecule has 0 spiro atoms. The topological polar surface area (TPSA) is 172 Å². The summed E-state index contributed by atoms with van der Waals surface area (Å²) >= 11 is 0. The van der Waals surface area contributed by atoms with E-state index in [4.69, 9.17) is 24.8 Å². The van der Waals surface area contributed by atoms with Crippen LogP contribution in [0.4, 0.5) is 0 Å². The zero-order valence-corrected chi connectivity index (χ0v) is 36.5. The van der Waals surface area contributed by atoms with E-state index in [0.29, 0.717) is 12.8 Å². The van der Waals surface area contributed by atoms with E-state index in [1.165, 1.54) is 25.7 Å². The van der Waals surface area contributed by atoms with Gasteiger partial charge in [0.25, 0.3) is 0 Å². The quantitative estimate of drug-likeness (QED) is 0.0233. The maximum atomic E-state index is 12.6. The largest absolute Gasteiger partial charge is 0.480 e. The third-order valence-corrected chi connectivity index (χ3v) is 9.55. The highest BCUT2D eigenvalue weighted by molar-refractivity contribution is 7.47. The van der Waals surface area contributed by atoms with Crippen LogP contribution < -0.4 is 5.73 Å². The fraction of sp³-hybridized carbons (Fsp3) is 0.630. The molecule has 0 bridgehead atoms. The third-order valence-electron chi connectivity index (χ3n) is 8.60.